The van der Waals surface area contributed by atoms with E-state index in [2.05, 4.69) is 10.1 Å². The van der Waals surface area contributed by atoms with Gasteiger partial charge < -0.3 is 9.63 Å². The number of benzene rings is 1. The Hall–Kier alpha value is -1.84. The molecular formula is C13H14N2O2. The van der Waals surface area contributed by atoms with Gasteiger partial charge in [0, 0.05) is 12.0 Å². The number of para-hydroxylation sites is 1. The molecule has 4 heteroatoms. The molecule has 1 aromatic heterocycles. The van der Waals surface area contributed by atoms with Crippen molar-refractivity contribution >= 4 is 0 Å². The molecule has 1 aromatic carbocycles. The van der Waals surface area contributed by atoms with Crippen molar-refractivity contribution in [3.8, 4) is 5.75 Å². The fourth-order valence-electron chi connectivity index (χ4n) is 1.85. The maximum Gasteiger partial charge on any atom is 0.231 e. The predicted octanol–water partition coefficient (Wildman–Crippen LogP) is 2.32. The molecule has 0 unspecified atom stereocenters. The van der Waals surface area contributed by atoms with E-state index in [-0.39, 0.29) is 5.75 Å². The molecule has 1 heterocycles. The first kappa shape index (κ1) is 10.3. The summed E-state index contributed by atoms with van der Waals surface area (Å²) in [6, 6.07) is 7.21. The van der Waals surface area contributed by atoms with Gasteiger partial charge in [0.05, 0.1) is 6.42 Å². The molecule has 0 bridgehead atoms. The van der Waals surface area contributed by atoms with Crippen molar-refractivity contribution in [1.82, 2.24) is 10.1 Å². The SMILES string of the molecule is Oc1ccccc1Cc1nc(CC2CC2)no1. The van der Waals surface area contributed by atoms with E-state index in [1.807, 2.05) is 12.1 Å². The van der Waals surface area contributed by atoms with E-state index < -0.39 is 0 Å². The molecule has 3 rings (SSSR count). The fourth-order valence-corrected chi connectivity index (χ4v) is 1.85. The van der Waals surface area contributed by atoms with Gasteiger partial charge in [-0.2, -0.15) is 4.98 Å². The van der Waals surface area contributed by atoms with Gasteiger partial charge in [-0.3, -0.25) is 0 Å². The van der Waals surface area contributed by atoms with E-state index in [0.29, 0.717) is 12.3 Å². The first-order valence-electron chi connectivity index (χ1n) is 5.89. The van der Waals surface area contributed by atoms with Crippen molar-refractivity contribution < 1.29 is 9.63 Å². The number of phenols is 1. The summed E-state index contributed by atoms with van der Waals surface area (Å²) >= 11 is 0. The summed E-state index contributed by atoms with van der Waals surface area (Å²) in [7, 11) is 0. The molecule has 1 N–H and O–H groups in total. The van der Waals surface area contributed by atoms with Crippen LogP contribution in [0.25, 0.3) is 0 Å². The lowest BCUT2D eigenvalue weighted by atomic mass is 10.1. The molecule has 1 aliphatic carbocycles. The number of aromatic nitrogens is 2. The van der Waals surface area contributed by atoms with Crippen LogP contribution < -0.4 is 0 Å². The van der Waals surface area contributed by atoms with Gasteiger partial charge in [-0.15, -0.1) is 0 Å². The van der Waals surface area contributed by atoms with Crippen molar-refractivity contribution in [3.05, 3.63) is 41.5 Å². The smallest absolute Gasteiger partial charge is 0.231 e. The molecule has 0 atom stereocenters. The standard InChI is InChI=1S/C13H14N2O2/c16-11-4-2-1-3-10(11)8-13-14-12(15-17-13)7-9-5-6-9/h1-4,9,16H,5-8H2. The Bertz CT molecular complexity index is 518. The van der Waals surface area contributed by atoms with Crippen LogP contribution in [-0.4, -0.2) is 15.2 Å². The molecule has 1 saturated carbocycles. The summed E-state index contributed by atoms with van der Waals surface area (Å²) in [6.45, 7) is 0. The topological polar surface area (TPSA) is 59.2 Å². The summed E-state index contributed by atoms with van der Waals surface area (Å²) in [5.74, 6) is 2.39. The molecule has 1 fully saturated rings. The number of aromatic hydroxyl groups is 1. The minimum Gasteiger partial charge on any atom is -0.508 e. The van der Waals surface area contributed by atoms with Gasteiger partial charge in [0.2, 0.25) is 5.89 Å². The number of phenolic OH excluding ortho intramolecular Hbond substituents is 1. The molecule has 2 aromatic rings. The van der Waals surface area contributed by atoms with Gasteiger partial charge in [-0.1, -0.05) is 23.4 Å². The van der Waals surface area contributed by atoms with E-state index in [9.17, 15) is 5.11 Å². The third kappa shape index (κ3) is 2.46. The number of nitrogens with zero attached hydrogens (tertiary/aromatic N) is 2. The highest BCUT2D eigenvalue weighted by Gasteiger charge is 2.24. The normalized spacial score (nSPS) is 15.1. The van der Waals surface area contributed by atoms with Crippen LogP contribution in [0.2, 0.25) is 0 Å². The second kappa shape index (κ2) is 4.20. The first-order valence-corrected chi connectivity index (χ1v) is 5.89. The van der Waals surface area contributed by atoms with Crippen LogP contribution in [0, 0.1) is 5.92 Å². The molecule has 88 valence electrons. The van der Waals surface area contributed by atoms with Gasteiger partial charge in [0.15, 0.2) is 5.82 Å². The highest BCUT2D eigenvalue weighted by molar-refractivity contribution is 5.33. The van der Waals surface area contributed by atoms with E-state index in [1.165, 1.54) is 12.8 Å². The average Bonchev–Trinajstić information content (AvgIpc) is 3.02. The van der Waals surface area contributed by atoms with Crippen LogP contribution in [0.1, 0.15) is 30.1 Å². The van der Waals surface area contributed by atoms with E-state index in [4.69, 9.17) is 4.52 Å². The predicted molar refractivity (Wildman–Crippen MR) is 61.6 cm³/mol. The summed E-state index contributed by atoms with van der Waals surface area (Å²) in [5, 5.41) is 13.6. The summed E-state index contributed by atoms with van der Waals surface area (Å²) in [5.41, 5.74) is 0.814. The van der Waals surface area contributed by atoms with Crippen molar-refractivity contribution in [2.45, 2.75) is 25.7 Å². The van der Waals surface area contributed by atoms with E-state index >= 15 is 0 Å². The van der Waals surface area contributed by atoms with Gasteiger partial charge >= 0.3 is 0 Å². The maximum atomic E-state index is 9.64. The molecule has 1 aliphatic rings. The Morgan fingerprint density at radius 2 is 2.12 bits per heavy atom. The zero-order valence-electron chi connectivity index (χ0n) is 9.47. The molecule has 0 aliphatic heterocycles. The molecule has 0 amide bonds. The van der Waals surface area contributed by atoms with E-state index in [1.54, 1.807) is 12.1 Å². The molecule has 17 heavy (non-hydrogen) atoms. The summed E-state index contributed by atoms with van der Waals surface area (Å²) < 4.78 is 5.18. The van der Waals surface area contributed by atoms with Crippen LogP contribution in [-0.2, 0) is 12.8 Å². The highest BCUT2D eigenvalue weighted by atomic mass is 16.5. The molecular weight excluding hydrogens is 216 g/mol. The first-order chi connectivity index (χ1) is 8.31. The van der Waals surface area contributed by atoms with Gasteiger partial charge in [0.25, 0.3) is 0 Å². The number of rotatable bonds is 4. The Kier molecular flexibility index (Phi) is 2.55. The Labute approximate surface area is 99.3 Å². The fraction of sp³-hybridized carbons (Fsp3) is 0.385. The van der Waals surface area contributed by atoms with Gasteiger partial charge in [0.1, 0.15) is 5.75 Å². The summed E-state index contributed by atoms with van der Waals surface area (Å²) in [6.07, 6.45) is 3.97. The Balaban J connectivity index is 1.72. The van der Waals surface area contributed by atoms with Crippen molar-refractivity contribution in [2.24, 2.45) is 5.92 Å². The third-order valence-electron chi connectivity index (χ3n) is 3.01. The second-order valence-corrected chi connectivity index (χ2v) is 4.56. The Morgan fingerprint density at radius 3 is 2.88 bits per heavy atom. The molecule has 0 saturated heterocycles. The lowest BCUT2D eigenvalue weighted by molar-refractivity contribution is 0.376. The minimum absolute atomic E-state index is 0.273. The van der Waals surface area contributed by atoms with Crippen molar-refractivity contribution in [3.63, 3.8) is 0 Å². The van der Waals surface area contributed by atoms with Gasteiger partial charge in [-0.25, -0.2) is 0 Å². The zero-order valence-corrected chi connectivity index (χ0v) is 9.47. The number of hydrogen-bond donors (Lipinski definition) is 1. The van der Waals surface area contributed by atoms with E-state index in [0.717, 1.165) is 23.7 Å². The molecule has 0 spiro atoms. The van der Waals surface area contributed by atoms with Crippen LogP contribution in [0.4, 0.5) is 0 Å². The van der Waals surface area contributed by atoms with Crippen LogP contribution in [0.15, 0.2) is 28.8 Å². The minimum atomic E-state index is 0.273. The van der Waals surface area contributed by atoms with Crippen LogP contribution in [0.3, 0.4) is 0 Å². The lowest BCUT2D eigenvalue weighted by Crippen LogP contribution is -1.92. The summed E-state index contributed by atoms with van der Waals surface area (Å²) in [4.78, 5) is 4.34. The lowest BCUT2D eigenvalue weighted by Gasteiger charge is -1.99. The van der Waals surface area contributed by atoms with Crippen LogP contribution >= 0.6 is 0 Å². The average molecular weight is 230 g/mol. The third-order valence-corrected chi connectivity index (χ3v) is 3.01. The number of hydrogen-bond acceptors (Lipinski definition) is 4. The quantitative estimate of drug-likeness (QED) is 0.875. The highest BCUT2D eigenvalue weighted by Crippen LogP contribution is 2.31. The molecule has 4 nitrogen and oxygen atoms in total. The molecule has 0 radical (unpaired) electrons. The van der Waals surface area contributed by atoms with Crippen molar-refractivity contribution in [1.29, 1.82) is 0 Å². The van der Waals surface area contributed by atoms with Gasteiger partial charge in [-0.05, 0) is 24.8 Å². The zero-order chi connectivity index (χ0) is 11.7. The van der Waals surface area contributed by atoms with Crippen molar-refractivity contribution in [2.75, 3.05) is 0 Å². The largest absolute Gasteiger partial charge is 0.508 e. The Morgan fingerprint density at radius 1 is 1.29 bits per heavy atom. The maximum absolute atomic E-state index is 9.64. The second-order valence-electron chi connectivity index (χ2n) is 4.56. The monoisotopic (exact) mass is 230 g/mol. The van der Waals surface area contributed by atoms with Crippen LogP contribution in [0.5, 0.6) is 5.75 Å².